The number of carbonyl (C=O) groups excluding carboxylic acids is 3. The van der Waals surface area contributed by atoms with Gasteiger partial charge in [-0.25, -0.2) is 0 Å². The van der Waals surface area contributed by atoms with Crippen LogP contribution in [-0.4, -0.2) is 24.3 Å². The normalized spacial score (nSPS) is 13.6. The lowest BCUT2D eigenvalue weighted by Crippen LogP contribution is -2.26. The summed E-state index contributed by atoms with van der Waals surface area (Å²) in [4.78, 5) is 35.8. The summed E-state index contributed by atoms with van der Waals surface area (Å²) in [5.41, 5.74) is 2.57. The zero-order valence-electron chi connectivity index (χ0n) is 15.9. The van der Waals surface area contributed by atoms with Gasteiger partial charge in [0, 0.05) is 23.7 Å². The SMILES string of the molecule is CCC(C)C(=O)Nc1cccc(CNC(=O)c2ccc3c(c2)OCC(=O)N3)c1. The van der Waals surface area contributed by atoms with Crippen molar-refractivity contribution in [1.82, 2.24) is 5.32 Å². The minimum absolute atomic E-state index is 0.0233. The number of nitrogens with one attached hydrogen (secondary N) is 3. The Morgan fingerprint density at radius 2 is 2.04 bits per heavy atom. The number of hydrogen-bond donors (Lipinski definition) is 3. The highest BCUT2D eigenvalue weighted by Gasteiger charge is 2.18. The first-order chi connectivity index (χ1) is 13.5. The molecule has 1 heterocycles. The van der Waals surface area contributed by atoms with Crippen molar-refractivity contribution >= 4 is 29.1 Å². The maximum atomic E-state index is 12.4. The van der Waals surface area contributed by atoms with E-state index >= 15 is 0 Å². The van der Waals surface area contributed by atoms with Gasteiger partial charge in [0.05, 0.1) is 5.69 Å². The second-order valence-corrected chi connectivity index (χ2v) is 6.73. The third kappa shape index (κ3) is 4.68. The van der Waals surface area contributed by atoms with E-state index in [1.54, 1.807) is 18.2 Å². The zero-order valence-corrected chi connectivity index (χ0v) is 15.9. The van der Waals surface area contributed by atoms with E-state index in [0.29, 0.717) is 29.2 Å². The van der Waals surface area contributed by atoms with Gasteiger partial charge < -0.3 is 20.7 Å². The van der Waals surface area contributed by atoms with E-state index in [2.05, 4.69) is 16.0 Å². The Hall–Kier alpha value is -3.35. The number of hydrogen-bond acceptors (Lipinski definition) is 4. The smallest absolute Gasteiger partial charge is 0.262 e. The Bertz CT molecular complexity index is 910. The number of anilines is 2. The molecule has 0 fully saturated rings. The lowest BCUT2D eigenvalue weighted by atomic mass is 10.1. The average molecular weight is 381 g/mol. The summed E-state index contributed by atoms with van der Waals surface area (Å²) in [5.74, 6) is -0.0754. The van der Waals surface area contributed by atoms with Crippen LogP contribution in [-0.2, 0) is 16.1 Å². The average Bonchev–Trinajstić information content (AvgIpc) is 2.71. The molecule has 3 rings (SSSR count). The molecule has 0 saturated heterocycles. The summed E-state index contributed by atoms with van der Waals surface area (Å²) in [5, 5.41) is 8.43. The van der Waals surface area contributed by atoms with Crippen molar-refractivity contribution in [2.24, 2.45) is 5.92 Å². The van der Waals surface area contributed by atoms with Gasteiger partial charge in [0.15, 0.2) is 6.61 Å². The predicted octanol–water partition coefficient (Wildman–Crippen LogP) is 2.93. The summed E-state index contributed by atoms with van der Waals surface area (Å²) in [6.45, 7) is 4.11. The predicted molar refractivity (Wildman–Crippen MR) is 106 cm³/mol. The van der Waals surface area contributed by atoms with Crippen LogP contribution < -0.4 is 20.7 Å². The van der Waals surface area contributed by atoms with Gasteiger partial charge >= 0.3 is 0 Å². The van der Waals surface area contributed by atoms with Gasteiger partial charge in [0.25, 0.3) is 11.8 Å². The fourth-order valence-electron chi connectivity index (χ4n) is 2.71. The molecule has 146 valence electrons. The topological polar surface area (TPSA) is 96.5 Å². The summed E-state index contributed by atoms with van der Waals surface area (Å²) >= 11 is 0. The molecule has 2 aromatic rings. The summed E-state index contributed by atoms with van der Waals surface area (Å²) in [7, 11) is 0. The number of rotatable bonds is 6. The van der Waals surface area contributed by atoms with E-state index in [-0.39, 0.29) is 30.2 Å². The van der Waals surface area contributed by atoms with Crippen molar-refractivity contribution in [3.63, 3.8) is 0 Å². The molecule has 28 heavy (non-hydrogen) atoms. The summed E-state index contributed by atoms with van der Waals surface area (Å²) in [6, 6.07) is 12.3. The molecule has 0 aliphatic carbocycles. The van der Waals surface area contributed by atoms with Crippen molar-refractivity contribution in [1.29, 1.82) is 0 Å². The van der Waals surface area contributed by atoms with Crippen molar-refractivity contribution in [2.45, 2.75) is 26.8 Å². The molecule has 0 spiro atoms. The van der Waals surface area contributed by atoms with Gasteiger partial charge in [0.1, 0.15) is 5.75 Å². The van der Waals surface area contributed by atoms with E-state index in [0.717, 1.165) is 12.0 Å². The number of fused-ring (bicyclic) bond motifs is 1. The molecule has 1 aliphatic rings. The van der Waals surface area contributed by atoms with Crippen molar-refractivity contribution in [2.75, 3.05) is 17.2 Å². The van der Waals surface area contributed by atoms with Crippen LogP contribution in [0.3, 0.4) is 0 Å². The molecule has 0 bridgehead atoms. The molecule has 0 radical (unpaired) electrons. The molecule has 7 nitrogen and oxygen atoms in total. The monoisotopic (exact) mass is 381 g/mol. The van der Waals surface area contributed by atoms with Gasteiger partial charge in [-0.15, -0.1) is 0 Å². The highest BCUT2D eigenvalue weighted by molar-refractivity contribution is 5.99. The van der Waals surface area contributed by atoms with E-state index in [1.807, 2.05) is 38.1 Å². The first kappa shape index (κ1) is 19.4. The fraction of sp³-hybridized carbons (Fsp3) is 0.286. The number of benzene rings is 2. The van der Waals surface area contributed by atoms with Gasteiger partial charge in [-0.1, -0.05) is 26.0 Å². The molecule has 1 atom stereocenters. The van der Waals surface area contributed by atoms with Crippen molar-refractivity contribution in [3.05, 3.63) is 53.6 Å². The lowest BCUT2D eigenvalue weighted by Gasteiger charge is -2.18. The maximum Gasteiger partial charge on any atom is 0.262 e. The Labute approximate surface area is 163 Å². The van der Waals surface area contributed by atoms with Crippen molar-refractivity contribution < 1.29 is 19.1 Å². The van der Waals surface area contributed by atoms with Gasteiger partial charge in [0.2, 0.25) is 5.91 Å². The molecule has 3 N–H and O–H groups in total. The Kier molecular flexibility index (Phi) is 5.93. The number of ether oxygens (including phenoxy) is 1. The van der Waals surface area contributed by atoms with Gasteiger partial charge in [-0.3, -0.25) is 14.4 Å². The summed E-state index contributed by atoms with van der Waals surface area (Å²) in [6.07, 6.45) is 0.774. The van der Waals surface area contributed by atoms with E-state index < -0.39 is 0 Å². The van der Waals surface area contributed by atoms with Crippen LogP contribution in [0.15, 0.2) is 42.5 Å². The quantitative estimate of drug-likeness (QED) is 0.717. The third-order valence-corrected chi connectivity index (χ3v) is 4.58. The molecular formula is C21H23N3O4. The summed E-state index contributed by atoms with van der Waals surface area (Å²) < 4.78 is 5.34. The van der Waals surface area contributed by atoms with Crippen LogP contribution in [0.5, 0.6) is 5.75 Å². The lowest BCUT2D eigenvalue weighted by molar-refractivity contribution is -0.119. The Balaban J connectivity index is 1.61. The van der Waals surface area contributed by atoms with E-state index in [1.165, 1.54) is 0 Å². The van der Waals surface area contributed by atoms with Crippen LogP contribution in [0.4, 0.5) is 11.4 Å². The Morgan fingerprint density at radius 3 is 2.82 bits per heavy atom. The first-order valence-electron chi connectivity index (χ1n) is 9.21. The molecule has 0 saturated carbocycles. The number of amides is 3. The minimum Gasteiger partial charge on any atom is -0.482 e. The Morgan fingerprint density at radius 1 is 1.21 bits per heavy atom. The third-order valence-electron chi connectivity index (χ3n) is 4.58. The van der Waals surface area contributed by atoms with E-state index in [9.17, 15) is 14.4 Å². The number of carbonyl (C=O) groups is 3. The zero-order chi connectivity index (χ0) is 20.1. The molecule has 1 unspecified atom stereocenters. The molecule has 2 aromatic carbocycles. The highest BCUT2D eigenvalue weighted by atomic mass is 16.5. The largest absolute Gasteiger partial charge is 0.482 e. The second kappa shape index (κ2) is 8.56. The fourth-order valence-corrected chi connectivity index (χ4v) is 2.71. The first-order valence-corrected chi connectivity index (χ1v) is 9.21. The van der Waals surface area contributed by atoms with Gasteiger partial charge in [-0.2, -0.15) is 0 Å². The standard InChI is InChI=1S/C21H23N3O4/c1-3-13(2)20(26)23-16-6-4-5-14(9-16)11-22-21(27)15-7-8-17-18(10-15)28-12-19(25)24-17/h4-10,13H,3,11-12H2,1-2H3,(H,22,27)(H,23,26)(H,24,25). The molecule has 3 amide bonds. The highest BCUT2D eigenvalue weighted by Crippen LogP contribution is 2.28. The van der Waals surface area contributed by atoms with E-state index in [4.69, 9.17) is 4.74 Å². The van der Waals surface area contributed by atoms with Crippen LogP contribution >= 0.6 is 0 Å². The van der Waals surface area contributed by atoms with Gasteiger partial charge in [-0.05, 0) is 42.3 Å². The second-order valence-electron chi connectivity index (χ2n) is 6.73. The molecule has 1 aliphatic heterocycles. The maximum absolute atomic E-state index is 12.4. The van der Waals surface area contributed by atoms with Crippen LogP contribution in [0.1, 0.15) is 36.2 Å². The molecular weight excluding hydrogens is 358 g/mol. The van der Waals surface area contributed by atoms with Crippen LogP contribution in [0.25, 0.3) is 0 Å². The van der Waals surface area contributed by atoms with Crippen LogP contribution in [0, 0.1) is 5.92 Å². The molecule has 0 aromatic heterocycles. The minimum atomic E-state index is -0.252. The van der Waals surface area contributed by atoms with Crippen LogP contribution in [0.2, 0.25) is 0 Å². The van der Waals surface area contributed by atoms with Crippen molar-refractivity contribution in [3.8, 4) is 5.75 Å². The molecule has 7 heteroatoms.